The third-order valence-corrected chi connectivity index (χ3v) is 4.75. The van der Waals surface area contributed by atoms with E-state index in [1.165, 1.54) is 23.9 Å². The lowest BCUT2D eigenvalue weighted by molar-refractivity contribution is -0.124. The molecule has 1 aromatic carbocycles. The fraction of sp³-hybridized carbons (Fsp3) is 0.533. The number of carbonyl (C=O) groups is 1. The molecule has 6 heteroatoms. The highest BCUT2D eigenvalue weighted by Crippen LogP contribution is 2.27. The van der Waals surface area contributed by atoms with E-state index in [1.807, 2.05) is 6.92 Å². The summed E-state index contributed by atoms with van der Waals surface area (Å²) in [6.45, 7) is 1.82. The predicted octanol–water partition coefficient (Wildman–Crippen LogP) is 2.83. The van der Waals surface area contributed by atoms with Crippen molar-refractivity contribution in [1.29, 1.82) is 0 Å². The molecular weight excluding hydrogens is 294 g/mol. The highest BCUT2D eigenvalue weighted by molar-refractivity contribution is 7.99. The standard InChI is InChI=1S/C15H20F2N2OS/c1-15(14(18)20,19-11-4-5-11)7-2-8-21-13-6-3-10(16)9-12(13)17/h3,6,9,11,19H,2,4-5,7-8H2,1H3,(H2,18,20). The van der Waals surface area contributed by atoms with Gasteiger partial charge in [-0.1, -0.05) is 0 Å². The van der Waals surface area contributed by atoms with Crippen molar-refractivity contribution in [2.24, 2.45) is 5.73 Å². The molecule has 1 aliphatic carbocycles. The minimum absolute atomic E-state index is 0.354. The van der Waals surface area contributed by atoms with Crippen LogP contribution in [0.2, 0.25) is 0 Å². The number of hydrogen-bond acceptors (Lipinski definition) is 3. The summed E-state index contributed by atoms with van der Waals surface area (Å²) in [6.07, 6.45) is 3.49. The molecule has 116 valence electrons. The Hall–Kier alpha value is -1.14. The Kier molecular flexibility index (Phi) is 5.22. The quantitative estimate of drug-likeness (QED) is 0.573. The third kappa shape index (κ3) is 4.68. The molecular formula is C15H20F2N2OS. The van der Waals surface area contributed by atoms with Gasteiger partial charge in [0.15, 0.2) is 0 Å². The first kappa shape index (κ1) is 16.2. The number of thioether (sulfide) groups is 1. The Morgan fingerprint density at radius 2 is 2.19 bits per heavy atom. The van der Waals surface area contributed by atoms with Gasteiger partial charge in [0, 0.05) is 17.0 Å². The maximum absolute atomic E-state index is 13.5. The lowest BCUT2D eigenvalue weighted by Crippen LogP contribution is -2.54. The number of nitrogens with two attached hydrogens (primary N) is 1. The number of halogens is 2. The van der Waals surface area contributed by atoms with Crippen molar-refractivity contribution in [3.05, 3.63) is 29.8 Å². The zero-order valence-corrected chi connectivity index (χ0v) is 12.8. The molecule has 21 heavy (non-hydrogen) atoms. The Labute approximate surface area is 127 Å². The molecule has 1 fully saturated rings. The first-order valence-corrected chi connectivity index (χ1v) is 8.05. The van der Waals surface area contributed by atoms with Gasteiger partial charge in [-0.05, 0) is 50.5 Å². The smallest absolute Gasteiger partial charge is 0.237 e. The molecule has 3 N–H and O–H groups in total. The first-order chi connectivity index (χ1) is 9.90. The van der Waals surface area contributed by atoms with Gasteiger partial charge < -0.3 is 11.1 Å². The Bertz CT molecular complexity index is 522. The van der Waals surface area contributed by atoms with Crippen LogP contribution in [0.25, 0.3) is 0 Å². The van der Waals surface area contributed by atoms with Crippen LogP contribution in [-0.2, 0) is 4.79 Å². The second-order valence-corrected chi connectivity index (χ2v) is 6.78. The van der Waals surface area contributed by atoms with Crippen molar-refractivity contribution in [2.45, 2.75) is 49.1 Å². The molecule has 1 unspecified atom stereocenters. The summed E-state index contributed by atoms with van der Waals surface area (Å²) in [5, 5.41) is 3.28. The number of primary amides is 1. The van der Waals surface area contributed by atoms with E-state index >= 15 is 0 Å². The zero-order valence-electron chi connectivity index (χ0n) is 12.0. The van der Waals surface area contributed by atoms with Crippen molar-refractivity contribution in [3.63, 3.8) is 0 Å². The minimum Gasteiger partial charge on any atom is -0.368 e. The maximum atomic E-state index is 13.5. The molecule has 1 amide bonds. The summed E-state index contributed by atoms with van der Waals surface area (Å²) in [7, 11) is 0. The fourth-order valence-corrected chi connectivity index (χ4v) is 3.01. The van der Waals surface area contributed by atoms with Gasteiger partial charge in [0.1, 0.15) is 11.6 Å². The van der Waals surface area contributed by atoms with Crippen LogP contribution in [0.15, 0.2) is 23.1 Å². The third-order valence-electron chi connectivity index (χ3n) is 3.62. The average Bonchev–Trinajstić information content (AvgIpc) is 3.20. The molecule has 1 aromatic rings. The van der Waals surface area contributed by atoms with Crippen molar-refractivity contribution in [1.82, 2.24) is 5.32 Å². The zero-order chi connectivity index (χ0) is 15.5. The monoisotopic (exact) mass is 314 g/mol. The van der Waals surface area contributed by atoms with E-state index in [-0.39, 0.29) is 5.91 Å². The predicted molar refractivity (Wildman–Crippen MR) is 80.1 cm³/mol. The summed E-state index contributed by atoms with van der Waals surface area (Å²) < 4.78 is 26.3. The maximum Gasteiger partial charge on any atom is 0.237 e. The second-order valence-electron chi connectivity index (χ2n) is 5.64. The normalized spacial score (nSPS) is 17.5. The van der Waals surface area contributed by atoms with E-state index in [0.29, 0.717) is 23.1 Å². The van der Waals surface area contributed by atoms with Crippen LogP contribution in [0.5, 0.6) is 0 Å². The Morgan fingerprint density at radius 3 is 2.76 bits per heavy atom. The van der Waals surface area contributed by atoms with Crippen molar-refractivity contribution >= 4 is 17.7 Å². The van der Waals surface area contributed by atoms with Gasteiger partial charge in [0.05, 0.1) is 5.54 Å². The summed E-state index contributed by atoms with van der Waals surface area (Å²) in [5.41, 5.74) is 4.77. The van der Waals surface area contributed by atoms with Crippen LogP contribution >= 0.6 is 11.8 Å². The number of benzene rings is 1. The molecule has 1 saturated carbocycles. The fourth-order valence-electron chi connectivity index (χ4n) is 2.14. The minimum atomic E-state index is -0.705. The van der Waals surface area contributed by atoms with Gasteiger partial charge in [0.25, 0.3) is 0 Å². The van der Waals surface area contributed by atoms with E-state index in [0.717, 1.165) is 25.3 Å². The van der Waals surface area contributed by atoms with E-state index < -0.39 is 17.2 Å². The van der Waals surface area contributed by atoms with Gasteiger partial charge in [-0.2, -0.15) is 0 Å². The molecule has 1 atom stereocenters. The van der Waals surface area contributed by atoms with E-state index in [1.54, 1.807) is 0 Å². The van der Waals surface area contributed by atoms with E-state index in [2.05, 4.69) is 5.32 Å². The molecule has 0 aliphatic heterocycles. The van der Waals surface area contributed by atoms with Crippen LogP contribution in [0.3, 0.4) is 0 Å². The van der Waals surface area contributed by atoms with Crippen LogP contribution in [0, 0.1) is 11.6 Å². The van der Waals surface area contributed by atoms with Crippen LogP contribution < -0.4 is 11.1 Å². The average molecular weight is 314 g/mol. The largest absolute Gasteiger partial charge is 0.368 e. The van der Waals surface area contributed by atoms with Crippen LogP contribution in [0.4, 0.5) is 8.78 Å². The van der Waals surface area contributed by atoms with E-state index in [9.17, 15) is 13.6 Å². The molecule has 0 spiro atoms. The van der Waals surface area contributed by atoms with Gasteiger partial charge >= 0.3 is 0 Å². The molecule has 0 radical (unpaired) electrons. The number of rotatable bonds is 8. The summed E-state index contributed by atoms with van der Waals surface area (Å²) >= 11 is 1.32. The molecule has 3 nitrogen and oxygen atoms in total. The lowest BCUT2D eigenvalue weighted by Gasteiger charge is -2.27. The van der Waals surface area contributed by atoms with Gasteiger partial charge in [-0.15, -0.1) is 11.8 Å². The number of amides is 1. The van der Waals surface area contributed by atoms with Crippen LogP contribution in [-0.4, -0.2) is 23.2 Å². The highest BCUT2D eigenvalue weighted by atomic mass is 32.2. The van der Waals surface area contributed by atoms with E-state index in [4.69, 9.17) is 5.73 Å². The Balaban J connectivity index is 1.80. The first-order valence-electron chi connectivity index (χ1n) is 7.06. The van der Waals surface area contributed by atoms with Crippen LogP contribution in [0.1, 0.15) is 32.6 Å². The highest BCUT2D eigenvalue weighted by Gasteiger charge is 2.36. The SMILES string of the molecule is CC(CCCSc1ccc(F)cc1F)(NC1CC1)C(N)=O. The second kappa shape index (κ2) is 6.75. The number of hydrogen-bond donors (Lipinski definition) is 2. The van der Waals surface area contributed by atoms with Gasteiger partial charge in [0.2, 0.25) is 5.91 Å². The summed E-state index contributed by atoms with van der Waals surface area (Å²) in [6, 6.07) is 3.95. The summed E-state index contributed by atoms with van der Waals surface area (Å²) in [4.78, 5) is 12.0. The summed E-state index contributed by atoms with van der Waals surface area (Å²) in [5.74, 6) is -0.828. The molecule has 2 rings (SSSR count). The molecule has 0 heterocycles. The molecule has 0 saturated heterocycles. The molecule has 0 aromatic heterocycles. The molecule has 1 aliphatic rings. The topological polar surface area (TPSA) is 55.1 Å². The number of nitrogens with one attached hydrogen (secondary N) is 1. The van der Waals surface area contributed by atoms with Crippen molar-refractivity contribution < 1.29 is 13.6 Å². The van der Waals surface area contributed by atoms with Crippen molar-refractivity contribution in [2.75, 3.05) is 5.75 Å². The van der Waals surface area contributed by atoms with Gasteiger partial charge in [-0.3, -0.25) is 4.79 Å². The molecule has 0 bridgehead atoms. The van der Waals surface area contributed by atoms with Crippen molar-refractivity contribution in [3.8, 4) is 0 Å². The Morgan fingerprint density at radius 1 is 1.48 bits per heavy atom. The van der Waals surface area contributed by atoms with Gasteiger partial charge in [-0.25, -0.2) is 8.78 Å². The number of carbonyl (C=O) groups excluding carboxylic acids is 1. The lowest BCUT2D eigenvalue weighted by atomic mass is 9.95.